The molecule has 0 saturated heterocycles. The molecule has 20 heavy (non-hydrogen) atoms. The van der Waals surface area contributed by atoms with E-state index in [9.17, 15) is 4.79 Å². The van der Waals surface area contributed by atoms with Gasteiger partial charge in [-0.15, -0.1) is 11.8 Å². The van der Waals surface area contributed by atoms with E-state index in [1.165, 1.54) is 7.11 Å². The number of thioether (sulfide) groups is 1. The van der Waals surface area contributed by atoms with Crippen LogP contribution in [0.15, 0.2) is 39.6 Å². The Labute approximate surface area is 121 Å². The molecule has 0 aliphatic heterocycles. The Kier molecular flexibility index (Phi) is 4.87. The molecule has 0 radical (unpaired) electrons. The van der Waals surface area contributed by atoms with Crippen molar-refractivity contribution in [2.45, 2.75) is 24.2 Å². The summed E-state index contributed by atoms with van der Waals surface area (Å²) in [6, 6.07) is 9.39. The molecule has 106 valence electrons. The van der Waals surface area contributed by atoms with Crippen LogP contribution in [-0.2, 0) is 17.1 Å². The van der Waals surface area contributed by atoms with Crippen molar-refractivity contribution in [3.63, 3.8) is 0 Å². The van der Waals surface area contributed by atoms with E-state index < -0.39 is 0 Å². The molecule has 1 N–H and O–H groups in total. The fourth-order valence-electron chi connectivity index (χ4n) is 1.77. The molecule has 4 nitrogen and oxygen atoms in total. The topological polar surface area (TPSA) is 59.7 Å². The Morgan fingerprint density at radius 1 is 1.35 bits per heavy atom. The molecular formula is C15H16O4S. The summed E-state index contributed by atoms with van der Waals surface area (Å²) in [5.74, 6) is 1.56. The summed E-state index contributed by atoms with van der Waals surface area (Å²) < 4.78 is 10.2. The number of aryl methyl sites for hydroxylation is 1. The van der Waals surface area contributed by atoms with Crippen LogP contribution in [0.3, 0.4) is 0 Å². The lowest BCUT2D eigenvalue weighted by Gasteiger charge is -2.00. The predicted molar refractivity (Wildman–Crippen MR) is 76.7 cm³/mol. The van der Waals surface area contributed by atoms with Crippen molar-refractivity contribution in [3.05, 3.63) is 53.0 Å². The molecule has 2 rings (SSSR count). The summed E-state index contributed by atoms with van der Waals surface area (Å²) in [4.78, 5) is 12.6. The van der Waals surface area contributed by atoms with Gasteiger partial charge in [-0.05, 0) is 30.7 Å². The van der Waals surface area contributed by atoms with Gasteiger partial charge in [-0.25, -0.2) is 4.79 Å². The van der Waals surface area contributed by atoms with E-state index in [0.29, 0.717) is 17.1 Å². The van der Waals surface area contributed by atoms with Crippen LogP contribution in [0, 0.1) is 6.92 Å². The zero-order valence-electron chi connectivity index (χ0n) is 11.4. The fourth-order valence-corrected chi connectivity index (χ4v) is 2.55. The molecule has 0 fully saturated rings. The average Bonchev–Trinajstić information content (AvgIpc) is 2.86. The summed E-state index contributed by atoms with van der Waals surface area (Å²) in [6.07, 6.45) is 0. The molecule has 0 bridgehead atoms. The van der Waals surface area contributed by atoms with Gasteiger partial charge in [0.25, 0.3) is 0 Å². The maximum absolute atomic E-state index is 11.5. The molecule has 0 aliphatic rings. The highest BCUT2D eigenvalue weighted by Gasteiger charge is 2.15. The van der Waals surface area contributed by atoms with Crippen molar-refractivity contribution in [2.75, 3.05) is 7.11 Å². The number of hydrogen-bond acceptors (Lipinski definition) is 5. The van der Waals surface area contributed by atoms with Gasteiger partial charge in [-0.2, -0.15) is 0 Å². The predicted octanol–water partition coefficient (Wildman–Crippen LogP) is 3.16. The molecule has 0 aliphatic carbocycles. The molecule has 0 unspecified atom stereocenters. The van der Waals surface area contributed by atoms with Crippen LogP contribution in [0.2, 0.25) is 0 Å². The SMILES string of the molecule is COC(=O)c1cc(CSc2ccc(CO)cc2)oc1C. The lowest BCUT2D eigenvalue weighted by molar-refractivity contribution is 0.0599. The fraction of sp³-hybridized carbons (Fsp3) is 0.267. The number of aliphatic hydroxyl groups is 1. The van der Waals surface area contributed by atoms with Crippen molar-refractivity contribution >= 4 is 17.7 Å². The van der Waals surface area contributed by atoms with Gasteiger partial charge in [0.1, 0.15) is 17.1 Å². The average molecular weight is 292 g/mol. The normalized spacial score (nSPS) is 10.6. The molecule has 5 heteroatoms. The van der Waals surface area contributed by atoms with Gasteiger partial charge >= 0.3 is 5.97 Å². The van der Waals surface area contributed by atoms with Crippen LogP contribution in [-0.4, -0.2) is 18.2 Å². The molecule has 0 amide bonds. The molecule has 1 aromatic carbocycles. The summed E-state index contributed by atoms with van der Waals surface area (Å²) in [5, 5.41) is 8.98. The Morgan fingerprint density at radius 2 is 2.05 bits per heavy atom. The third kappa shape index (κ3) is 3.43. The minimum Gasteiger partial charge on any atom is -0.465 e. The van der Waals surface area contributed by atoms with Crippen molar-refractivity contribution < 1.29 is 19.1 Å². The van der Waals surface area contributed by atoms with Gasteiger partial charge in [-0.1, -0.05) is 12.1 Å². The zero-order valence-corrected chi connectivity index (χ0v) is 12.2. The molecule has 0 spiro atoms. The highest BCUT2D eigenvalue weighted by molar-refractivity contribution is 7.98. The maximum Gasteiger partial charge on any atom is 0.341 e. The first-order valence-electron chi connectivity index (χ1n) is 6.14. The van der Waals surface area contributed by atoms with Gasteiger partial charge in [-0.3, -0.25) is 0 Å². The number of esters is 1. The lowest BCUT2D eigenvalue weighted by Crippen LogP contribution is -2.00. The monoisotopic (exact) mass is 292 g/mol. The number of hydrogen-bond donors (Lipinski definition) is 1. The Hall–Kier alpha value is -1.72. The quantitative estimate of drug-likeness (QED) is 0.677. The third-order valence-corrected chi connectivity index (χ3v) is 3.90. The van der Waals surface area contributed by atoms with Crippen LogP contribution in [0.25, 0.3) is 0 Å². The minimum absolute atomic E-state index is 0.0464. The number of furan rings is 1. The number of benzene rings is 1. The van der Waals surface area contributed by atoms with E-state index in [4.69, 9.17) is 9.52 Å². The zero-order chi connectivity index (χ0) is 14.5. The second kappa shape index (κ2) is 6.63. The molecule has 1 aromatic heterocycles. The first-order valence-corrected chi connectivity index (χ1v) is 7.13. The maximum atomic E-state index is 11.5. The Balaban J connectivity index is 2.01. The summed E-state index contributed by atoms with van der Waals surface area (Å²) in [7, 11) is 1.35. The molecule has 1 heterocycles. The van der Waals surface area contributed by atoms with Crippen molar-refractivity contribution in [1.82, 2.24) is 0 Å². The van der Waals surface area contributed by atoms with E-state index in [2.05, 4.69) is 4.74 Å². The largest absolute Gasteiger partial charge is 0.465 e. The van der Waals surface area contributed by atoms with Crippen molar-refractivity contribution in [3.8, 4) is 0 Å². The summed E-state index contributed by atoms with van der Waals surface area (Å²) >= 11 is 1.61. The molecule has 0 atom stereocenters. The van der Waals surface area contributed by atoms with Gasteiger partial charge in [0, 0.05) is 4.90 Å². The first-order chi connectivity index (χ1) is 9.63. The van der Waals surface area contributed by atoms with Gasteiger partial charge in [0.05, 0.1) is 19.5 Å². The van der Waals surface area contributed by atoms with Gasteiger partial charge < -0.3 is 14.3 Å². The summed E-state index contributed by atoms with van der Waals surface area (Å²) in [6.45, 7) is 1.79. The first kappa shape index (κ1) is 14.7. The molecule has 0 saturated carbocycles. The van der Waals surface area contributed by atoms with Crippen LogP contribution >= 0.6 is 11.8 Å². The van der Waals surface area contributed by atoms with Gasteiger partial charge in [0.2, 0.25) is 0 Å². The Morgan fingerprint density at radius 3 is 2.65 bits per heavy atom. The van der Waals surface area contributed by atoms with Crippen LogP contribution in [0.4, 0.5) is 0 Å². The number of rotatable bonds is 5. The standard InChI is InChI=1S/C15H16O4S/c1-10-14(15(17)18-2)7-12(19-10)9-20-13-5-3-11(8-16)4-6-13/h3-7,16H,8-9H2,1-2H3. The number of aliphatic hydroxyl groups excluding tert-OH is 1. The van der Waals surface area contributed by atoms with Crippen molar-refractivity contribution in [2.24, 2.45) is 0 Å². The van der Waals surface area contributed by atoms with E-state index in [1.807, 2.05) is 24.3 Å². The lowest BCUT2D eigenvalue weighted by atomic mass is 10.2. The van der Waals surface area contributed by atoms with Crippen LogP contribution in [0.5, 0.6) is 0 Å². The van der Waals surface area contributed by atoms with Crippen LogP contribution in [0.1, 0.15) is 27.4 Å². The second-order valence-corrected chi connectivity index (χ2v) is 5.31. The second-order valence-electron chi connectivity index (χ2n) is 4.26. The molecule has 2 aromatic rings. The van der Waals surface area contributed by atoms with Gasteiger partial charge in [0.15, 0.2) is 0 Å². The smallest absolute Gasteiger partial charge is 0.341 e. The number of methoxy groups -OCH3 is 1. The number of ether oxygens (including phenoxy) is 1. The highest BCUT2D eigenvalue weighted by Crippen LogP contribution is 2.26. The Bertz CT molecular complexity index is 586. The van der Waals surface area contributed by atoms with E-state index in [1.54, 1.807) is 24.8 Å². The highest BCUT2D eigenvalue weighted by atomic mass is 32.2. The van der Waals surface area contributed by atoms with Crippen LogP contribution < -0.4 is 0 Å². The van der Waals surface area contributed by atoms with Crippen molar-refractivity contribution in [1.29, 1.82) is 0 Å². The van der Waals surface area contributed by atoms with E-state index in [0.717, 1.165) is 16.2 Å². The van der Waals surface area contributed by atoms with E-state index in [-0.39, 0.29) is 12.6 Å². The number of carbonyl (C=O) groups excluding carboxylic acids is 1. The summed E-state index contributed by atoms with van der Waals surface area (Å²) in [5.41, 5.74) is 1.36. The number of carbonyl (C=O) groups is 1. The van der Waals surface area contributed by atoms with E-state index >= 15 is 0 Å². The third-order valence-electron chi connectivity index (χ3n) is 2.86. The minimum atomic E-state index is -0.380. The molecular weight excluding hydrogens is 276 g/mol.